The van der Waals surface area contributed by atoms with Crippen LogP contribution in [0.1, 0.15) is 170 Å². The Labute approximate surface area is 584 Å². The van der Waals surface area contributed by atoms with Crippen LogP contribution in [0.4, 0.5) is 4.79 Å². The van der Waals surface area contributed by atoms with Gasteiger partial charge in [-0.05, 0) is 108 Å². The highest BCUT2D eigenvalue weighted by Crippen LogP contribution is 2.29. The van der Waals surface area contributed by atoms with Gasteiger partial charge < -0.3 is 70.3 Å². The Bertz CT molecular complexity index is 2790. The van der Waals surface area contributed by atoms with Gasteiger partial charge in [-0.1, -0.05) is 109 Å². The number of piperazine rings is 1. The lowest BCUT2D eigenvalue weighted by Crippen LogP contribution is -2.64. The number of aliphatic hydroxyl groups is 1. The van der Waals surface area contributed by atoms with E-state index >= 15 is 28.8 Å². The molecule has 3 saturated heterocycles. The smallest absolute Gasteiger partial charge is 0.410 e. The lowest BCUT2D eigenvalue weighted by molar-refractivity contribution is -0.157. The Balaban J connectivity index is 2.40. The summed E-state index contributed by atoms with van der Waals surface area (Å²) in [6.07, 6.45) is 0.678. The maximum atomic E-state index is 15.5. The van der Waals surface area contributed by atoms with E-state index in [9.17, 15) is 33.9 Å². The minimum absolute atomic E-state index is 0.0723. The van der Waals surface area contributed by atoms with Crippen molar-refractivity contribution in [3.63, 3.8) is 0 Å². The maximum absolute atomic E-state index is 15.5. The SMILES string of the molecule is C/C=C/C[C@@H](C)[C@@H](O)[C@H]1C(=O)N[C@@H](CC)C(=O)N2CC(OC(=O)N3CCN(C(C)C)CC3)C[C@@H]2C(=O)N(C)[C@@H](C(C)C)C(=O)N[C@@H](C(C)C)C(=O)N(C)[C@@H](CC(C)C)C(=O)N[C@@H](C)C(=O)N[C@H](C)C(=O)N(C)[C@@H](CC(C)C)C(=O)N(C)[C@@H](CC(C)C)C(=O)N(C)[C@@H](C(C)C)C(=O)N1C. The molecule has 3 heterocycles. The first-order valence-corrected chi connectivity index (χ1v) is 35.6. The normalized spacial score (nSPS) is 28.2. The van der Waals surface area contributed by atoms with Gasteiger partial charge in [-0.2, -0.15) is 0 Å². The van der Waals surface area contributed by atoms with Gasteiger partial charge >= 0.3 is 6.09 Å². The summed E-state index contributed by atoms with van der Waals surface area (Å²) in [6.45, 7) is 35.2. The molecule has 14 atom stereocenters. The number of amides is 12. The monoisotopic (exact) mass is 1380 g/mol. The first kappa shape index (κ1) is 85.3. The third kappa shape index (κ3) is 22.0. The Hall–Kier alpha value is -6.90. The molecule has 3 rings (SSSR count). The predicted molar refractivity (Wildman–Crippen MR) is 375 cm³/mol. The molecule has 0 bridgehead atoms. The molecule has 0 saturated carbocycles. The minimum Gasteiger partial charge on any atom is -0.444 e. The van der Waals surface area contributed by atoms with E-state index in [1.54, 1.807) is 79.4 Å². The number of carbonyl (C=O) groups is 12. The highest BCUT2D eigenvalue weighted by Gasteiger charge is 2.50. The van der Waals surface area contributed by atoms with Crippen molar-refractivity contribution in [2.75, 3.05) is 75.0 Å². The molecule has 27 nitrogen and oxygen atoms in total. The molecule has 98 heavy (non-hydrogen) atoms. The molecule has 1 unspecified atom stereocenters. The van der Waals surface area contributed by atoms with Crippen LogP contribution in [0.15, 0.2) is 12.2 Å². The maximum Gasteiger partial charge on any atom is 0.410 e. The van der Waals surface area contributed by atoms with E-state index in [0.717, 1.165) is 4.90 Å². The van der Waals surface area contributed by atoms with E-state index < -0.39 is 173 Å². The van der Waals surface area contributed by atoms with Crippen molar-refractivity contribution in [2.45, 2.75) is 255 Å². The lowest BCUT2D eigenvalue weighted by Gasteiger charge is -2.41. The summed E-state index contributed by atoms with van der Waals surface area (Å²) >= 11 is 0. The van der Waals surface area contributed by atoms with Crippen molar-refractivity contribution in [3.05, 3.63) is 12.2 Å². The number of nitrogens with one attached hydrogen (secondary N) is 4. The van der Waals surface area contributed by atoms with Crippen molar-refractivity contribution in [3.8, 4) is 0 Å². The van der Waals surface area contributed by atoms with Gasteiger partial charge in [-0.3, -0.25) is 57.6 Å². The van der Waals surface area contributed by atoms with E-state index in [2.05, 4.69) is 40.0 Å². The van der Waals surface area contributed by atoms with Crippen molar-refractivity contribution >= 4 is 71.1 Å². The van der Waals surface area contributed by atoms with Gasteiger partial charge in [0.2, 0.25) is 65.0 Å². The number of allylic oxidation sites excluding steroid dienone is 2. The molecular weight excluding hydrogens is 1260 g/mol. The topological polar surface area (TPSA) is 312 Å². The zero-order valence-corrected chi connectivity index (χ0v) is 63.8. The zero-order valence-electron chi connectivity index (χ0n) is 63.8. The molecule has 0 spiro atoms. The Kier molecular flexibility index (Phi) is 33.1. The summed E-state index contributed by atoms with van der Waals surface area (Å²) in [6, 6.07) is -14.2. The van der Waals surface area contributed by atoms with E-state index in [0.29, 0.717) is 26.2 Å². The van der Waals surface area contributed by atoms with Crippen LogP contribution < -0.4 is 21.3 Å². The van der Waals surface area contributed by atoms with Crippen molar-refractivity contribution < 1.29 is 67.4 Å². The first-order chi connectivity index (χ1) is 45.5. The summed E-state index contributed by atoms with van der Waals surface area (Å²) < 4.78 is 6.13. The number of fused-ring (bicyclic) bond motifs is 1. The zero-order chi connectivity index (χ0) is 75.0. The molecule has 27 heteroatoms. The second-order valence-corrected chi connectivity index (χ2v) is 30.3. The van der Waals surface area contributed by atoms with Crippen molar-refractivity contribution in [2.24, 2.45) is 41.4 Å². The number of likely N-dealkylation sites (N-methyl/N-ethyl adjacent to an activating group) is 6. The number of hydrogen-bond donors (Lipinski definition) is 5. The lowest BCUT2D eigenvalue weighted by atomic mass is 9.91. The van der Waals surface area contributed by atoms with Gasteiger partial charge in [0.05, 0.1) is 12.6 Å². The van der Waals surface area contributed by atoms with E-state index in [4.69, 9.17) is 4.74 Å². The molecule has 12 amide bonds. The minimum atomic E-state index is -1.69. The third-order valence-corrected chi connectivity index (χ3v) is 19.5. The second kappa shape index (κ2) is 38.1. The number of nitrogens with zero attached hydrogens (tertiary/aromatic N) is 9. The summed E-state index contributed by atoms with van der Waals surface area (Å²) in [4.78, 5) is 191. The highest BCUT2D eigenvalue weighted by atomic mass is 16.6. The largest absolute Gasteiger partial charge is 0.444 e. The van der Waals surface area contributed by atoms with Crippen LogP contribution in [0.2, 0.25) is 0 Å². The van der Waals surface area contributed by atoms with E-state index in [1.807, 2.05) is 41.5 Å². The van der Waals surface area contributed by atoms with Gasteiger partial charge in [0, 0.05) is 80.9 Å². The van der Waals surface area contributed by atoms with Crippen LogP contribution in [-0.2, 0) is 57.5 Å². The summed E-state index contributed by atoms with van der Waals surface area (Å²) in [7, 11) is 8.49. The fraction of sp³-hybridized carbons (Fsp3) is 0.803. The molecule has 3 aliphatic rings. The van der Waals surface area contributed by atoms with Gasteiger partial charge in [0.15, 0.2) is 0 Å². The number of ether oxygens (including phenoxy) is 1. The number of carbonyl (C=O) groups excluding carboxylic acids is 12. The highest BCUT2D eigenvalue weighted by molar-refractivity contribution is 6.00. The molecule has 0 aromatic rings. The fourth-order valence-electron chi connectivity index (χ4n) is 13.4. The van der Waals surface area contributed by atoms with Crippen LogP contribution in [0.25, 0.3) is 0 Å². The Morgan fingerprint density at radius 2 is 0.969 bits per heavy atom. The Morgan fingerprint density at radius 1 is 0.510 bits per heavy atom. The standard InChI is InChI=1S/C71H125N13O14/c1-26-28-29-46(17)59(85)58-63(89)74-50(27-2)65(91)84-38-49(98-71(97)83-32-30-82(31-33-83)45(15)16)37-54(84)68(94)79(23)56(43(11)12)62(88)75-55(42(9)10)69(95)76(20)51(34-39(3)4)61(87)72-47(18)60(86)73-48(19)64(90)77(21)52(35-40(5)6)66(92)78(22)53(36-41(7)8)67(93)80(24)57(44(13)14)70(96)81(58)25/h26,28,39-59,85H,27,29-38H2,1-25H3,(H,72,87)(H,73,86)(H,74,89)(H,75,88)/b28-26+/t46-,47+,48-,49?,50+,51+,52+,53+,54-,55+,56+,57+,58+,59-/m1/s1. The van der Waals surface area contributed by atoms with Gasteiger partial charge in [0.25, 0.3) is 0 Å². The van der Waals surface area contributed by atoms with E-state index in [1.165, 1.54) is 85.5 Å². The first-order valence-electron chi connectivity index (χ1n) is 35.6. The van der Waals surface area contributed by atoms with Crippen LogP contribution in [0.5, 0.6) is 0 Å². The summed E-state index contributed by atoms with van der Waals surface area (Å²) in [5.74, 6) is -10.9. The third-order valence-electron chi connectivity index (χ3n) is 19.5. The quantitative estimate of drug-likeness (QED) is 0.138. The number of hydrogen-bond acceptors (Lipinski definition) is 15. The molecule has 0 aromatic carbocycles. The molecule has 5 N–H and O–H groups in total. The molecule has 558 valence electrons. The van der Waals surface area contributed by atoms with Crippen LogP contribution in [0.3, 0.4) is 0 Å². The molecule has 0 radical (unpaired) electrons. The average Bonchev–Trinajstić information content (AvgIpc) is 1.24. The summed E-state index contributed by atoms with van der Waals surface area (Å²) in [5, 5.41) is 23.5. The molecule has 3 fully saturated rings. The van der Waals surface area contributed by atoms with Gasteiger partial charge in [-0.25, -0.2) is 4.79 Å². The van der Waals surface area contributed by atoms with Crippen LogP contribution in [0, 0.1) is 41.4 Å². The fourth-order valence-corrected chi connectivity index (χ4v) is 13.4. The number of rotatable bonds is 16. The molecular formula is C71H125N13O14. The molecule has 3 aliphatic heterocycles. The Morgan fingerprint density at radius 3 is 1.45 bits per heavy atom. The average molecular weight is 1380 g/mol. The van der Waals surface area contributed by atoms with Crippen molar-refractivity contribution in [1.29, 1.82) is 0 Å². The van der Waals surface area contributed by atoms with Gasteiger partial charge in [0.1, 0.15) is 72.6 Å². The molecule has 0 aliphatic carbocycles. The summed E-state index contributed by atoms with van der Waals surface area (Å²) in [5.41, 5.74) is 0. The second-order valence-electron chi connectivity index (χ2n) is 30.3. The predicted octanol–water partition coefficient (Wildman–Crippen LogP) is 3.55. The van der Waals surface area contributed by atoms with Gasteiger partial charge in [-0.15, -0.1) is 0 Å². The van der Waals surface area contributed by atoms with Crippen LogP contribution >= 0.6 is 0 Å². The van der Waals surface area contributed by atoms with Crippen molar-refractivity contribution in [1.82, 2.24) is 65.4 Å². The number of aliphatic hydroxyl groups excluding tert-OH is 1. The molecule has 0 aromatic heterocycles. The van der Waals surface area contributed by atoms with Crippen LogP contribution in [-0.4, -0.2) is 280 Å². The van der Waals surface area contributed by atoms with E-state index in [-0.39, 0.29) is 68.9 Å².